The van der Waals surface area contributed by atoms with Crippen LogP contribution in [0.25, 0.3) is 0 Å². The van der Waals surface area contributed by atoms with E-state index in [1.807, 2.05) is 0 Å². The maximum Gasteiger partial charge on any atom is 0 e. The summed E-state index contributed by atoms with van der Waals surface area (Å²) in [5, 5.41) is 2.15. The molecule has 2 rings (SSSR count). The van der Waals surface area contributed by atoms with E-state index in [2.05, 4.69) is 179 Å². The minimum atomic E-state index is -0.302. The number of nitrogens with zero attached hydrogens (tertiary/aromatic N) is 4. The van der Waals surface area contributed by atoms with Gasteiger partial charge in [-0.05, 0) is 0 Å². The van der Waals surface area contributed by atoms with Crippen molar-refractivity contribution in [2.75, 3.05) is 7.71 Å². The molecule has 0 fully saturated rings. The van der Waals surface area contributed by atoms with E-state index in [0.29, 0.717) is 0 Å². The summed E-state index contributed by atoms with van der Waals surface area (Å²) in [5.41, 5.74) is 2.55. The molecule has 0 saturated carbocycles. The second-order valence-corrected chi connectivity index (χ2v) is 19.7. The molecule has 0 aliphatic heterocycles. The van der Waals surface area contributed by atoms with Crippen molar-refractivity contribution in [2.45, 2.75) is 105 Å². The van der Waals surface area contributed by atoms with Crippen molar-refractivity contribution in [3.63, 3.8) is 0 Å². The summed E-state index contributed by atoms with van der Waals surface area (Å²) in [6, 6.07) is 21.0. The van der Waals surface area contributed by atoms with E-state index in [4.69, 9.17) is 9.98 Å². The molecular weight excluding hydrogens is 798 g/mol. The van der Waals surface area contributed by atoms with Gasteiger partial charge in [-0.2, -0.15) is 0 Å². The molecule has 0 heterocycles. The summed E-state index contributed by atoms with van der Waals surface area (Å²) in [7, 11) is 0. The van der Waals surface area contributed by atoms with Crippen molar-refractivity contribution < 1.29 is 0 Å². The Balaban J connectivity index is 0.000000722. The zero-order chi connectivity index (χ0) is 29.4. The van der Waals surface area contributed by atoms with Crippen molar-refractivity contribution in [1.82, 2.24) is 0 Å². The fourth-order valence-corrected chi connectivity index (χ4v) is 13.9. The molecule has 4 radical (unpaired) electrons. The molecule has 0 aromatic heterocycles. The van der Waals surface area contributed by atoms with Crippen molar-refractivity contribution >= 4 is 82.0 Å². The molecule has 0 aliphatic rings. The number of hydrogen-bond acceptors (Lipinski definition) is 4. The predicted octanol–water partition coefficient (Wildman–Crippen LogP) is 5.01. The van der Waals surface area contributed by atoms with Crippen molar-refractivity contribution in [3.8, 4) is 0 Å². The van der Waals surface area contributed by atoms with E-state index in [9.17, 15) is 0 Å². The summed E-state index contributed by atoms with van der Waals surface area (Å²) in [6.07, 6.45) is 0. The molecule has 0 aliphatic carbocycles. The topological polar surface area (TPSA) is 31.2 Å². The summed E-state index contributed by atoms with van der Waals surface area (Å²) < 4.78 is 4.94. The van der Waals surface area contributed by atoms with E-state index in [1.54, 1.807) is 0 Å². The smallest absolute Gasteiger partial charge is 0 e. The second kappa shape index (κ2) is 16.6. The number of rotatable bonds is 4. The third-order valence-corrected chi connectivity index (χ3v) is 13.5. The van der Waals surface area contributed by atoms with Gasteiger partial charge in [-0.15, -0.1) is 0 Å². The van der Waals surface area contributed by atoms with Gasteiger partial charge in [0.2, 0.25) is 0 Å². The molecule has 0 amide bonds. The molecular formula is C30H46Ge2N4Se3. The van der Waals surface area contributed by atoms with Gasteiger partial charge in [-0.25, -0.2) is 0 Å². The molecule has 39 heavy (non-hydrogen) atoms. The first-order valence-corrected chi connectivity index (χ1v) is 25.5. The fraction of sp³-hybridized carbons (Fsp3) is 0.533. The molecule has 4 nitrogen and oxygen atoms in total. The minimum Gasteiger partial charge on any atom is 0 e. The summed E-state index contributed by atoms with van der Waals surface area (Å²) in [4.78, 5) is 9.76. The molecule has 9 heteroatoms. The molecule has 2 aromatic rings. The van der Waals surface area contributed by atoms with E-state index >= 15 is 0 Å². The Labute approximate surface area is 274 Å². The average molecular weight is 845 g/mol. The van der Waals surface area contributed by atoms with Crippen molar-refractivity contribution in [1.29, 1.82) is 0 Å². The van der Waals surface area contributed by atoms with Gasteiger partial charge in [-0.3, -0.25) is 0 Å². The van der Waals surface area contributed by atoms with Gasteiger partial charge < -0.3 is 0 Å². The maximum atomic E-state index is 4.88. The zero-order valence-corrected chi connectivity index (χ0v) is 35.1. The van der Waals surface area contributed by atoms with Crippen LogP contribution in [0.1, 0.15) is 83.1 Å². The zero-order valence-electron chi connectivity index (χ0n) is 25.8. The van der Waals surface area contributed by atoms with Crippen molar-refractivity contribution in [2.24, 2.45) is 9.98 Å². The van der Waals surface area contributed by atoms with Gasteiger partial charge in [0.1, 0.15) is 0 Å². The Morgan fingerprint density at radius 2 is 0.795 bits per heavy atom. The van der Waals surface area contributed by atoms with Crippen LogP contribution in [0.5, 0.6) is 0 Å². The van der Waals surface area contributed by atoms with Gasteiger partial charge in [0, 0.05) is 17.1 Å². The average Bonchev–Trinajstić information content (AvgIpc) is 3.07. The first-order chi connectivity index (χ1) is 17.3. The SMILES string of the molecule is CC(C)(C)N=c1cccccc1[N]([Ge]=[Se])C(C)(C)C.CC(C)(C)N=c1cccccc1[N]([Ge]=[Se])C(C)(C)C.[Se]. The van der Waals surface area contributed by atoms with E-state index in [1.165, 1.54) is 11.4 Å². The number of hydrogen-bond donors (Lipinski definition) is 0. The molecule has 212 valence electrons. The van der Waals surface area contributed by atoms with E-state index in [0.717, 1.165) is 10.7 Å². The summed E-state index contributed by atoms with van der Waals surface area (Å²) in [5.74, 6) is 0. The van der Waals surface area contributed by atoms with Crippen LogP contribution in [0.3, 0.4) is 0 Å². The van der Waals surface area contributed by atoms with Crippen molar-refractivity contribution in [3.05, 3.63) is 71.4 Å². The molecule has 0 unspecified atom stereocenters. The Morgan fingerprint density at radius 1 is 0.513 bits per heavy atom. The van der Waals surface area contributed by atoms with Gasteiger partial charge in [0.05, 0.1) is 0 Å². The van der Waals surface area contributed by atoms with Gasteiger partial charge in [-0.1, -0.05) is 0 Å². The maximum absolute atomic E-state index is 4.88. The van der Waals surface area contributed by atoms with Crippen LogP contribution >= 0.6 is 0 Å². The van der Waals surface area contributed by atoms with Gasteiger partial charge in [0.15, 0.2) is 0 Å². The quantitative estimate of drug-likeness (QED) is 0.406. The Morgan fingerprint density at radius 3 is 1.03 bits per heavy atom. The predicted molar refractivity (Wildman–Crippen MR) is 177 cm³/mol. The van der Waals surface area contributed by atoms with Crippen LogP contribution in [0.15, 0.2) is 70.6 Å². The monoisotopic (exact) mass is 850 g/mol. The largest absolute Gasteiger partial charge is 0 e. The van der Waals surface area contributed by atoms with Crippen LogP contribution in [-0.4, -0.2) is 92.8 Å². The summed E-state index contributed by atoms with van der Waals surface area (Å²) in [6.45, 7) is 26.3. The first kappa shape index (κ1) is 39.0. The molecule has 0 atom stereocenters. The number of anilines is 2. The molecule has 0 N–H and O–H groups in total. The summed E-state index contributed by atoms with van der Waals surface area (Å²) >= 11 is 5.91. The van der Waals surface area contributed by atoms with Crippen LogP contribution in [0.4, 0.5) is 11.4 Å². The molecule has 0 bridgehead atoms. The third kappa shape index (κ3) is 14.7. The second-order valence-electron chi connectivity index (χ2n) is 13.1. The minimum absolute atomic E-state index is 0. The van der Waals surface area contributed by atoms with E-state index in [-0.39, 0.29) is 65.7 Å². The molecule has 0 spiro atoms. The normalized spacial score (nSPS) is 12.9. The van der Waals surface area contributed by atoms with Gasteiger partial charge in [0.25, 0.3) is 0 Å². The van der Waals surface area contributed by atoms with Crippen LogP contribution in [0.2, 0.25) is 0 Å². The van der Waals surface area contributed by atoms with Crippen LogP contribution < -0.4 is 18.4 Å². The molecule has 0 saturated heterocycles. The Kier molecular flexibility index (Phi) is 16.6. The third-order valence-electron chi connectivity index (χ3n) is 4.90. The Hall–Kier alpha value is 0.0242. The van der Waals surface area contributed by atoms with Crippen LogP contribution in [-0.2, 0) is 0 Å². The fourth-order valence-electron chi connectivity index (χ4n) is 3.44. The van der Waals surface area contributed by atoms with E-state index < -0.39 is 0 Å². The molecule has 2 aromatic carbocycles. The Bertz CT molecular complexity index is 1130. The standard InChI is InChI=1S/2C15H23GeN2Se.Se/c2*1-14(2,3)17-12-10-8-7-9-11-13(12)18(16-19)15(4,5)6;/h2*7-11H,1-6H3;. The first-order valence-electron chi connectivity index (χ1n) is 13.0. The van der Waals surface area contributed by atoms with Gasteiger partial charge >= 0.3 is 259 Å². The van der Waals surface area contributed by atoms with Crippen LogP contribution in [0, 0.1) is 0 Å².